The van der Waals surface area contributed by atoms with Crippen molar-refractivity contribution in [3.8, 4) is 0 Å². The number of aromatic nitrogens is 1. The topological polar surface area (TPSA) is 38.1 Å². The Morgan fingerprint density at radius 3 is 2.68 bits per heavy atom. The summed E-state index contributed by atoms with van der Waals surface area (Å²) in [5.41, 5.74) is 1.44. The summed E-state index contributed by atoms with van der Waals surface area (Å²) in [4.78, 5) is 0. The maximum Gasteiger partial charge on any atom is 0.142 e. The molecule has 0 fully saturated rings. The molecule has 0 spiro atoms. The van der Waals surface area contributed by atoms with Crippen molar-refractivity contribution in [1.82, 2.24) is 10.5 Å². The molecule has 6 heteroatoms. The first-order chi connectivity index (χ1) is 8.97. The first kappa shape index (κ1) is 14.3. The van der Waals surface area contributed by atoms with Gasteiger partial charge in [-0.2, -0.15) is 0 Å². The Bertz CT molecular complexity index is 586. The summed E-state index contributed by atoms with van der Waals surface area (Å²) in [7, 11) is 0. The molecule has 3 nitrogen and oxygen atoms in total. The van der Waals surface area contributed by atoms with Gasteiger partial charge in [-0.25, -0.2) is 4.39 Å². The van der Waals surface area contributed by atoms with Crippen LogP contribution in [0.25, 0.3) is 0 Å². The summed E-state index contributed by atoms with van der Waals surface area (Å²) in [6.07, 6.45) is 0. The van der Waals surface area contributed by atoms with E-state index in [4.69, 9.17) is 27.7 Å². The summed E-state index contributed by atoms with van der Waals surface area (Å²) in [6.45, 7) is 4.23. The van der Waals surface area contributed by atoms with E-state index in [-0.39, 0.29) is 11.1 Å². The van der Waals surface area contributed by atoms with E-state index < -0.39 is 5.82 Å². The van der Waals surface area contributed by atoms with Crippen LogP contribution in [0.1, 0.15) is 30.0 Å². The largest absolute Gasteiger partial charge is 0.361 e. The molecule has 1 unspecified atom stereocenters. The Hall–Kier alpha value is -1.10. The van der Waals surface area contributed by atoms with Gasteiger partial charge in [0.1, 0.15) is 11.6 Å². The van der Waals surface area contributed by atoms with Gasteiger partial charge in [0.15, 0.2) is 0 Å². The van der Waals surface area contributed by atoms with Crippen LogP contribution in [0.3, 0.4) is 0 Å². The van der Waals surface area contributed by atoms with Gasteiger partial charge in [-0.15, -0.1) is 0 Å². The van der Waals surface area contributed by atoms with Crippen molar-refractivity contribution in [2.45, 2.75) is 26.4 Å². The summed E-state index contributed by atoms with van der Waals surface area (Å²) >= 11 is 11.7. The van der Waals surface area contributed by atoms with Crippen LogP contribution in [0.4, 0.5) is 4.39 Å². The molecule has 0 aliphatic heterocycles. The number of benzene rings is 1. The molecular weight excluding hydrogens is 290 g/mol. The van der Waals surface area contributed by atoms with Crippen LogP contribution in [-0.4, -0.2) is 5.16 Å². The van der Waals surface area contributed by atoms with E-state index >= 15 is 0 Å². The lowest BCUT2D eigenvalue weighted by molar-refractivity contribution is 0.386. The molecular formula is C13H13Cl2FN2O. The van der Waals surface area contributed by atoms with Gasteiger partial charge in [0.2, 0.25) is 0 Å². The lowest BCUT2D eigenvalue weighted by Gasteiger charge is -2.15. The van der Waals surface area contributed by atoms with Crippen LogP contribution >= 0.6 is 23.2 Å². The van der Waals surface area contributed by atoms with Crippen molar-refractivity contribution in [3.63, 3.8) is 0 Å². The number of halogens is 3. The van der Waals surface area contributed by atoms with Crippen LogP contribution in [-0.2, 0) is 6.54 Å². The van der Waals surface area contributed by atoms with Gasteiger partial charge in [-0.3, -0.25) is 0 Å². The minimum absolute atomic E-state index is 0.0214. The van der Waals surface area contributed by atoms with Gasteiger partial charge < -0.3 is 9.84 Å². The molecule has 19 heavy (non-hydrogen) atoms. The average molecular weight is 303 g/mol. The molecule has 0 saturated carbocycles. The number of hydrogen-bond donors (Lipinski definition) is 1. The van der Waals surface area contributed by atoms with Gasteiger partial charge >= 0.3 is 0 Å². The van der Waals surface area contributed by atoms with Crippen LogP contribution in [0.2, 0.25) is 10.0 Å². The van der Waals surface area contributed by atoms with E-state index in [0.717, 1.165) is 11.5 Å². The zero-order valence-corrected chi connectivity index (χ0v) is 12.0. The first-order valence-electron chi connectivity index (χ1n) is 5.77. The zero-order valence-electron chi connectivity index (χ0n) is 10.5. The van der Waals surface area contributed by atoms with Crippen LogP contribution < -0.4 is 5.32 Å². The molecule has 0 aliphatic carbocycles. The van der Waals surface area contributed by atoms with E-state index in [0.29, 0.717) is 17.1 Å². The highest BCUT2D eigenvalue weighted by molar-refractivity contribution is 6.35. The summed E-state index contributed by atoms with van der Waals surface area (Å²) in [5.74, 6) is 0.270. The third-order valence-corrected chi connectivity index (χ3v) is 3.39. The Kier molecular flexibility index (Phi) is 4.45. The van der Waals surface area contributed by atoms with Crippen molar-refractivity contribution in [3.05, 3.63) is 51.1 Å². The highest BCUT2D eigenvalue weighted by Gasteiger charge is 2.13. The number of hydrogen-bond acceptors (Lipinski definition) is 3. The van der Waals surface area contributed by atoms with Gasteiger partial charge in [0.05, 0.1) is 10.7 Å². The average Bonchev–Trinajstić information content (AvgIpc) is 2.77. The Labute approximate surface area is 120 Å². The van der Waals surface area contributed by atoms with Gasteiger partial charge in [-0.05, 0) is 31.5 Å². The quantitative estimate of drug-likeness (QED) is 0.857. The molecule has 1 N–H and O–H groups in total. The predicted molar refractivity (Wildman–Crippen MR) is 72.9 cm³/mol. The van der Waals surface area contributed by atoms with E-state index in [2.05, 4.69) is 10.5 Å². The van der Waals surface area contributed by atoms with Gasteiger partial charge in [0.25, 0.3) is 0 Å². The van der Waals surface area contributed by atoms with Crippen LogP contribution in [0.5, 0.6) is 0 Å². The smallest absolute Gasteiger partial charge is 0.142 e. The Morgan fingerprint density at radius 1 is 1.32 bits per heavy atom. The number of aryl methyl sites for hydroxylation is 1. The minimum atomic E-state index is -0.480. The van der Waals surface area contributed by atoms with E-state index in [1.54, 1.807) is 0 Å². The highest BCUT2D eigenvalue weighted by atomic mass is 35.5. The zero-order chi connectivity index (χ0) is 14.0. The van der Waals surface area contributed by atoms with E-state index in [9.17, 15) is 4.39 Å². The lowest BCUT2D eigenvalue weighted by atomic mass is 10.1. The fourth-order valence-corrected chi connectivity index (χ4v) is 2.29. The van der Waals surface area contributed by atoms with Crippen molar-refractivity contribution < 1.29 is 8.91 Å². The molecule has 0 saturated heterocycles. The number of rotatable bonds is 4. The molecule has 2 rings (SSSR count). The summed E-state index contributed by atoms with van der Waals surface area (Å²) < 4.78 is 18.4. The standard InChI is InChI=1S/C13H13Cl2FN2O/c1-7-3-9(18-19-7)6-17-8(2)10-4-13(16)12(15)5-11(10)14/h3-5,8,17H,6H2,1-2H3. The van der Waals surface area contributed by atoms with Crippen LogP contribution in [0, 0.1) is 12.7 Å². The number of nitrogens with one attached hydrogen (secondary N) is 1. The first-order valence-corrected chi connectivity index (χ1v) is 6.53. The molecule has 0 bridgehead atoms. The molecule has 102 valence electrons. The monoisotopic (exact) mass is 302 g/mol. The second-order valence-electron chi connectivity index (χ2n) is 4.32. The molecule has 0 aliphatic rings. The minimum Gasteiger partial charge on any atom is -0.361 e. The lowest BCUT2D eigenvalue weighted by Crippen LogP contribution is -2.18. The molecule has 0 amide bonds. The Morgan fingerprint density at radius 2 is 2.05 bits per heavy atom. The Balaban J connectivity index is 2.07. The third-order valence-electron chi connectivity index (χ3n) is 2.77. The predicted octanol–water partition coefficient (Wildman–Crippen LogP) is 4.28. The SMILES string of the molecule is Cc1cc(CNC(C)c2cc(F)c(Cl)cc2Cl)no1. The molecule has 0 radical (unpaired) electrons. The summed E-state index contributed by atoms with van der Waals surface area (Å²) in [5, 5.41) is 7.52. The molecule has 1 heterocycles. The maximum atomic E-state index is 13.4. The normalized spacial score (nSPS) is 12.7. The van der Waals surface area contributed by atoms with Crippen molar-refractivity contribution in [2.24, 2.45) is 0 Å². The van der Waals surface area contributed by atoms with Gasteiger partial charge in [-0.1, -0.05) is 28.4 Å². The molecule has 1 atom stereocenters. The molecule has 1 aromatic heterocycles. The fraction of sp³-hybridized carbons (Fsp3) is 0.308. The van der Waals surface area contributed by atoms with Gasteiger partial charge in [0, 0.05) is 23.7 Å². The molecule has 1 aromatic carbocycles. The third kappa shape index (κ3) is 3.47. The maximum absolute atomic E-state index is 13.4. The van der Waals surface area contributed by atoms with E-state index in [1.165, 1.54) is 12.1 Å². The van der Waals surface area contributed by atoms with Crippen LogP contribution in [0.15, 0.2) is 22.7 Å². The van der Waals surface area contributed by atoms with Crippen molar-refractivity contribution >= 4 is 23.2 Å². The number of nitrogens with zero attached hydrogens (tertiary/aromatic N) is 1. The van der Waals surface area contributed by atoms with Crippen molar-refractivity contribution in [1.29, 1.82) is 0 Å². The van der Waals surface area contributed by atoms with Crippen molar-refractivity contribution in [2.75, 3.05) is 0 Å². The highest BCUT2D eigenvalue weighted by Crippen LogP contribution is 2.28. The molecule has 2 aromatic rings. The second kappa shape index (κ2) is 5.90. The fourth-order valence-electron chi connectivity index (χ4n) is 1.74. The second-order valence-corrected chi connectivity index (χ2v) is 5.13. The van der Waals surface area contributed by atoms with E-state index in [1.807, 2.05) is 19.9 Å². The summed E-state index contributed by atoms with van der Waals surface area (Å²) in [6, 6.07) is 4.46.